The number of nitrogens with zero attached hydrogens (tertiary/aromatic N) is 3. The number of aryl methyl sites for hydroxylation is 1. The van der Waals surface area contributed by atoms with Gasteiger partial charge in [0.1, 0.15) is 6.33 Å². The molecule has 11 heavy (non-hydrogen) atoms. The van der Waals surface area contributed by atoms with Gasteiger partial charge < -0.3 is 0 Å². The summed E-state index contributed by atoms with van der Waals surface area (Å²) in [5.41, 5.74) is 0. The summed E-state index contributed by atoms with van der Waals surface area (Å²) in [5, 5.41) is 0.972. The number of hydrogen-bond donors (Lipinski definition) is 0. The van der Waals surface area contributed by atoms with Crippen LogP contribution >= 0.6 is 11.3 Å². The Labute approximate surface area is 68.4 Å². The molecule has 2 aromatic heterocycles. The molecule has 2 heterocycles. The molecule has 0 N–H and O–H groups in total. The smallest absolute Gasteiger partial charge is 0.194 e. The third-order valence-electron chi connectivity index (χ3n) is 1.33. The molecule has 0 aliphatic rings. The summed E-state index contributed by atoms with van der Waals surface area (Å²) in [4.78, 5) is 9.35. The van der Waals surface area contributed by atoms with Crippen LogP contribution in [0.2, 0.25) is 0 Å². The van der Waals surface area contributed by atoms with E-state index in [0.29, 0.717) is 0 Å². The lowest BCUT2D eigenvalue weighted by atomic mass is 10.7. The molecule has 0 saturated carbocycles. The largest absolute Gasteiger partial charge is 0.282 e. The van der Waals surface area contributed by atoms with Crippen LogP contribution in [0.3, 0.4) is 0 Å². The van der Waals surface area contributed by atoms with Gasteiger partial charge in [0.05, 0.1) is 0 Å². The summed E-state index contributed by atoms with van der Waals surface area (Å²) >= 11 is 1.66. The van der Waals surface area contributed by atoms with Gasteiger partial charge in [0.15, 0.2) is 5.13 Å². The maximum atomic E-state index is 4.20. The molecule has 0 bridgehead atoms. The van der Waals surface area contributed by atoms with Crippen molar-refractivity contribution in [2.24, 2.45) is 0 Å². The van der Waals surface area contributed by atoms with Crippen LogP contribution in [0, 0.1) is 6.92 Å². The SMILES string of the molecule is Cc1cnc(-n2ccnc2)s1. The lowest BCUT2D eigenvalue weighted by Gasteiger charge is -1.90. The number of hydrogen-bond acceptors (Lipinski definition) is 3. The van der Waals surface area contributed by atoms with E-state index in [0.717, 1.165) is 5.13 Å². The van der Waals surface area contributed by atoms with Gasteiger partial charge in [-0.15, -0.1) is 11.3 Å². The van der Waals surface area contributed by atoms with E-state index in [1.165, 1.54) is 4.88 Å². The Balaban J connectivity index is 2.45. The van der Waals surface area contributed by atoms with E-state index in [2.05, 4.69) is 9.97 Å². The standard InChI is InChI=1S/C7H7N3S/c1-6-4-9-7(11-6)10-3-2-8-5-10/h2-5H,1H3. The molecule has 0 unspecified atom stereocenters. The fraction of sp³-hybridized carbons (Fsp3) is 0.143. The first-order valence-corrected chi connectivity index (χ1v) is 4.08. The molecule has 0 saturated heterocycles. The average Bonchev–Trinajstić information content (AvgIpc) is 2.55. The van der Waals surface area contributed by atoms with Crippen LogP contribution in [0.5, 0.6) is 0 Å². The van der Waals surface area contributed by atoms with Crippen LogP contribution in [0.4, 0.5) is 0 Å². The zero-order chi connectivity index (χ0) is 7.68. The van der Waals surface area contributed by atoms with Gasteiger partial charge in [-0.3, -0.25) is 4.57 Å². The Morgan fingerprint density at radius 1 is 1.55 bits per heavy atom. The zero-order valence-electron chi connectivity index (χ0n) is 6.06. The highest BCUT2D eigenvalue weighted by molar-refractivity contribution is 7.13. The van der Waals surface area contributed by atoms with E-state index in [1.807, 2.05) is 23.9 Å². The van der Waals surface area contributed by atoms with Crippen molar-refractivity contribution in [3.8, 4) is 5.13 Å². The number of rotatable bonds is 1. The normalized spacial score (nSPS) is 10.3. The molecule has 2 aromatic rings. The van der Waals surface area contributed by atoms with Crippen molar-refractivity contribution in [2.75, 3.05) is 0 Å². The second-order valence-electron chi connectivity index (χ2n) is 2.22. The summed E-state index contributed by atoms with van der Waals surface area (Å²) in [7, 11) is 0. The third-order valence-corrected chi connectivity index (χ3v) is 2.26. The van der Waals surface area contributed by atoms with Crippen LogP contribution in [0.25, 0.3) is 5.13 Å². The topological polar surface area (TPSA) is 30.7 Å². The Morgan fingerprint density at radius 3 is 3.00 bits per heavy atom. The first kappa shape index (κ1) is 6.54. The van der Waals surface area contributed by atoms with Gasteiger partial charge in [-0.25, -0.2) is 9.97 Å². The molecular weight excluding hydrogens is 158 g/mol. The van der Waals surface area contributed by atoms with Crippen LogP contribution in [-0.2, 0) is 0 Å². The van der Waals surface area contributed by atoms with E-state index in [4.69, 9.17) is 0 Å². The van der Waals surface area contributed by atoms with Gasteiger partial charge in [0, 0.05) is 23.5 Å². The number of imidazole rings is 1. The molecule has 56 valence electrons. The number of aromatic nitrogens is 3. The molecule has 4 heteroatoms. The van der Waals surface area contributed by atoms with Crippen LogP contribution < -0.4 is 0 Å². The summed E-state index contributed by atoms with van der Waals surface area (Å²) in [6.45, 7) is 2.04. The summed E-state index contributed by atoms with van der Waals surface area (Å²) < 4.78 is 1.90. The van der Waals surface area contributed by atoms with E-state index in [-0.39, 0.29) is 0 Å². The van der Waals surface area contributed by atoms with Gasteiger partial charge in [-0.05, 0) is 6.92 Å². The van der Waals surface area contributed by atoms with E-state index in [1.54, 1.807) is 23.9 Å². The molecule has 0 atom stereocenters. The van der Waals surface area contributed by atoms with E-state index in [9.17, 15) is 0 Å². The summed E-state index contributed by atoms with van der Waals surface area (Å²) in [6, 6.07) is 0. The van der Waals surface area contributed by atoms with Crippen LogP contribution in [0.15, 0.2) is 24.9 Å². The minimum absolute atomic E-state index is 0.972. The Bertz CT molecular complexity index is 336. The second-order valence-corrected chi connectivity index (χ2v) is 3.44. The van der Waals surface area contributed by atoms with Crippen LogP contribution in [0.1, 0.15) is 4.88 Å². The predicted octanol–water partition coefficient (Wildman–Crippen LogP) is 1.64. The lowest BCUT2D eigenvalue weighted by molar-refractivity contribution is 1.03. The first-order valence-electron chi connectivity index (χ1n) is 3.27. The predicted molar refractivity (Wildman–Crippen MR) is 44.0 cm³/mol. The van der Waals surface area contributed by atoms with E-state index >= 15 is 0 Å². The zero-order valence-corrected chi connectivity index (χ0v) is 6.88. The third kappa shape index (κ3) is 1.17. The van der Waals surface area contributed by atoms with Crippen molar-refractivity contribution >= 4 is 11.3 Å². The quantitative estimate of drug-likeness (QED) is 0.643. The Hall–Kier alpha value is -1.16. The molecule has 0 amide bonds. The molecule has 0 aliphatic heterocycles. The number of thiazole rings is 1. The Morgan fingerprint density at radius 2 is 2.45 bits per heavy atom. The monoisotopic (exact) mass is 165 g/mol. The van der Waals surface area contributed by atoms with Crippen molar-refractivity contribution < 1.29 is 0 Å². The van der Waals surface area contributed by atoms with Gasteiger partial charge in [0.2, 0.25) is 0 Å². The maximum absolute atomic E-state index is 4.20. The minimum Gasteiger partial charge on any atom is -0.282 e. The summed E-state index contributed by atoms with van der Waals surface area (Å²) in [6.07, 6.45) is 7.24. The minimum atomic E-state index is 0.972. The van der Waals surface area contributed by atoms with Crippen molar-refractivity contribution in [3.05, 3.63) is 29.8 Å². The highest BCUT2D eigenvalue weighted by Gasteiger charge is 1.98. The summed E-state index contributed by atoms with van der Waals surface area (Å²) in [5.74, 6) is 0. The molecule has 0 aliphatic carbocycles. The van der Waals surface area contributed by atoms with E-state index < -0.39 is 0 Å². The fourth-order valence-electron chi connectivity index (χ4n) is 0.834. The maximum Gasteiger partial charge on any atom is 0.194 e. The molecule has 0 radical (unpaired) electrons. The highest BCUT2D eigenvalue weighted by Crippen LogP contribution is 2.14. The van der Waals surface area contributed by atoms with Crippen molar-refractivity contribution in [1.29, 1.82) is 0 Å². The molecule has 3 nitrogen and oxygen atoms in total. The molecular formula is C7H7N3S. The van der Waals surface area contributed by atoms with Crippen LogP contribution in [-0.4, -0.2) is 14.5 Å². The van der Waals surface area contributed by atoms with Gasteiger partial charge in [-0.1, -0.05) is 0 Å². The molecule has 0 fully saturated rings. The van der Waals surface area contributed by atoms with Gasteiger partial charge >= 0.3 is 0 Å². The van der Waals surface area contributed by atoms with Gasteiger partial charge in [0.25, 0.3) is 0 Å². The van der Waals surface area contributed by atoms with Crippen molar-refractivity contribution in [2.45, 2.75) is 6.92 Å². The highest BCUT2D eigenvalue weighted by atomic mass is 32.1. The Kier molecular flexibility index (Phi) is 1.47. The second kappa shape index (κ2) is 2.47. The van der Waals surface area contributed by atoms with Crippen molar-refractivity contribution in [1.82, 2.24) is 14.5 Å². The molecule has 2 rings (SSSR count). The molecule has 0 spiro atoms. The van der Waals surface area contributed by atoms with Gasteiger partial charge in [-0.2, -0.15) is 0 Å². The molecule has 0 aromatic carbocycles. The van der Waals surface area contributed by atoms with Crippen molar-refractivity contribution in [3.63, 3.8) is 0 Å². The lowest BCUT2D eigenvalue weighted by Crippen LogP contribution is -1.85. The first-order chi connectivity index (χ1) is 5.36. The fourth-order valence-corrected chi connectivity index (χ4v) is 1.55. The average molecular weight is 165 g/mol.